The third-order valence-electron chi connectivity index (χ3n) is 4.04. The normalized spacial score (nSPS) is 11.3. The number of sulfonamides is 1. The molecular weight excluding hydrogens is 360 g/mol. The number of anilines is 1. The van der Waals surface area contributed by atoms with Crippen molar-refractivity contribution in [2.24, 2.45) is 0 Å². The largest absolute Gasteiger partial charge is 0.399 e. The number of nitrogens with two attached hydrogens (primary N) is 1. The third kappa shape index (κ3) is 4.50. The lowest BCUT2D eigenvalue weighted by Gasteiger charge is -2.22. The number of aromatic nitrogens is 1. The zero-order valence-electron chi connectivity index (χ0n) is 14.5. The monoisotopic (exact) mass is 378 g/mol. The topological polar surface area (TPSA) is 100 Å². The van der Waals surface area contributed by atoms with Crippen molar-refractivity contribution in [3.8, 4) is 6.07 Å². The van der Waals surface area contributed by atoms with Crippen molar-refractivity contribution in [1.29, 1.82) is 5.26 Å². The van der Waals surface area contributed by atoms with E-state index in [9.17, 15) is 8.42 Å². The highest BCUT2D eigenvalue weighted by Gasteiger charge is 2.25. The molecule has 0 spiro atoms. The van der Waals surface area contributed by atoms with Crippen LogP contribution in [0.1, 0.15) is 16.7 Å². The maximum atomic E-state index is 13.2. The minimum Gasteiger partial charge on any atom is -0.399 e. The molecule has 1 heterocycles. The fourth-order valence-electron chi connectivity index (χ4n) is 2.60. The number of nitrogens with zero attached hydrogens (tertiary/aromatic N) is 3. The Labute approximate surface area is 158 Å². The molecular formula is C20H18N4O2S. The first-order valence-corrected chi connectivity index (χ1v) is 9.67. The maximum absolute atomic E-state index is 13.2. The van der Waals surface area contributed by atoms with Crippen LogP contribution in [0.15, 0.2) is 78.0 Å². The van der Waals surface area contributed by atoms with Crippen LogP contribution in [-0.4, -0.2) is 17.7 Å². The maximum Gasteiger partial charge on any atom is 0.243 e. The first kappa shape index (κ1) is 18.6. The Morgan fingerprint density at radius 2 is 1.63 bits per heavy atom. The fraction of sp³-hybridized carbons (Fsp3) is 0.100. The Hall–Kier alpha value is -3.21. The van der Waals surface area contributed by atoms with Gasteiger partial charge in [0.2, 0.25) is 10.0 Å². The van der Waals surface area contributed by atoms with Gasteiger partial charge in [0.1, 0.15) is 0 Å². The summed E-state index contributed by atoms with van der Waals surface area (Å²) in [4.78, 5) is 4.20. The van der Waals surface area contributed by atoms with Crippen LogP contribution in [0.4, 0.5) is 5.69 Å². The van der Waals surface area contributed by atoms with E-state index in [1.165, 1.54) is 28.6 Å². The van der Waals surface area contributed by atoms with Crippen molar-refractivity contribution in [2.75, 3.05) is 5.73 Å². The van der Waals surface area contributed by atoms with Crippen molar-refractivity contribution in [2.45, 2.75) is 18.0 Å². The molecule has 27 heavy (non-hydrogen) atoms. The van der Waals surface area contributed by atoms with E-state index in [-0.39, 0.29) is 18.0 Å². The number of nitriles is 1. The van der Waals surface area contributed by atoms with Gasteiger partial charge in [0.25, 0.3) is 0 Å². The van der Waals surface area contributed by atoms with Gasteiger partial charge in [0.15, 0.2) is 0 Å². The molecule has 0 atom stereocenters. The molecule has 136 valence electrons. The molecule has 0 aliphatic carbocycles. The number of nitrogen functional groups attached to an aromatic ring is 1. The SMILES string of the molecule is N#Cc1ccc(S(=O)(=O)N(Cc2ccc(N)cc2)Cc2cccnc2)cc1. The second-order valence-corrected chi connectivity index (χ2v) is 7.95. The number of hydrogen-bond donors (Lipinski definition) is 1. The molecule has 0 saturated carbocycles. The van der Waals surface area contributed by atoms with Gasteiger partial charge in [-0.3, -0.25) is 4.98 Å². The molecule has 3 aromatic rings. The summed E-state index contributed by atoms with van der Waals surface area (Å²) in [6, 6.07) is 18.6. The molecule has 0 amide bonds. The Kier molecular flexibility index (Phi) is 5.50. The van der Waals surface area contributed by atoms with E-state index >= 15 is 0 Å². The van der Waals surface area contributed by atoms with Crippen LogP contribution in [0, 0.1) is 11.3 Å². The Morgan fingerprint density at radius 3 is 2.22 bits per heavy atom. The molecule has 0 fully saturated rings. The second kappa shape index (κ2) is 7.99. The molecule has 2 aromatic carbocycles. The Bertz CT molecular complexity index is 1040. The first-order chi connectivity index (χ1) is 13.0. The smallest absolute Gasteiger partial charge is 0.243 e. The number of rotatable bonds is 6. The predicted molar refractivity (Wildman–Crippen MR) is 103 cm³/mol. The van der Waals surface area contributed by atoms with Gasteiger partial charge in [0.05, 0.1) is 16.5 Å². The van der Waals surface area contributed by atoms with E-state index in [2.05, 4.69) is 4.98 Å². The lowest BCUT2D eigenvalue weighted by molar-refractivity contribution is 0.400. The lowest BCUT2D eigenvalue weighted by Crippen LogP contribution is -2.30. The van der Waals surface area contributed by atoms with Gasteiger partial charge in [-0.25, -0.2) is 8.42 Å². The van der Waals surface area contributed by atoms with Crippen LogP contribution in [0.5, 0.6) is 0 Å². The average Bonchev–Trinajstić information content (AvgIpc) is 2.70. The van der Waals surface area contributed by atoms with Gasteiger partial charge in [-0.2, -0.15) is 9.57 Å². The summed E-state index contributed by atoms with van der Waals surface area (Å²) in [6.07, 6.45) is 3.28. The van der Waals surface area contributed by atoms with Crippen molar-refractivity contribution >= 4 is 15.7 Å². The average molecular weight is 378 g/mol. The van der Waals surface area contributed by atoms with Crippen LogP contribution in [-0.2, 0) is 23.1 Å². The molecule has 0 radical (unpaired) electrons. The molecule has 6 nitrogen and oxygen atoms in total. The number of hydrogen-bond acceptors (Lipinski definition) is 5. The lowest BCUT2D eigenvalue weighted by atomic mass is 10.2. The minimum atomic E-state index is -3.77. The summed E-state index contributed by atoms with van der Waals surface area (Å²) in [6.45, 7) is 0.373. The summed E-state index contributed by atoms with van der Waals surface area (Å²) < 4.78 is 27.8. The van der Waals surface area contributed by atoms with Gasteiger partial charge in [-0.05, 0) is 53.6 Å². The summed E-state index contributed by atoms with van der Waals surface area (Å²) in [5, 5.41) is 8.93. The quantitative estimate of drug-likeness (QED) is 0.665. The fourth-order valence-corrected chi connectivity index (χ4v) is 4.01. The highest BCUT2D eigenvalue weighted by molar-refractivity contribution is 7.89. The van der Waals surface area contributed by atoms with Gasteiger partial charge in [-0.15, -0.1) is 0 Å². The molecule has 0 aliphatic rings. The molecule has 0 bridgehead atoms. The summed E-state index contributed by atoms with van der Waals surface area (Å²) in [7, 11) is -3.77. The van der Waals surface area contributed by atoms with Gasteiger partial charge in [0, 0.05) is 31.2 Å². The molecule has 0 saturated heterocycles. The molecule has 3 rings (SSSR count). The van der Waals surface area contributed by atoms with Gasteiger partial charge in [-0.1, -0.05) is 18.2 Å². The van der Waals surface area contributed by atoms with E-state index in [0.717, 1.165) is 11.1 Å². The molecule has 7 heteroatoms. The Morgan fingerprint density at radius 1 is 0.963 bits per heavy atom. The number of pyridine rings is 1. The third-order valence-corrected chi connectivity index (χ3v) is 5.85. The van der Waals surface area contributed by atoms with Gasteiger partial charge < -0.3 is 5.73 Å². The Balaban J connectivity index is 1.96. The molecule has 1 aromatic heterocycles. The van der Waals surface area contributed by atoms with Crippen LogP contribution >= 0.6 is 0 Å². The van der Waals surface area contributed by atoms with E-state index in [1.807, 2.05) is 12.1 Å². The highest BCUT2D eigenvalue weighted by Crippen LogP contribution is 2.22. The van der Waals surface area contributed by atoms with E-state index in [4.69, 9.17) is 11.0 Å². The second-order valence-electron chi connectivity index (χ2n) is 6.01. The molecule has 0 unspecified atom stereocenters. The molecule has 0 aliphatic heterocycles. The summed E-state index contributed by atoms with van der Waals surface area (Å²) in [5.74, 6) is 0. The minimum absolute atomic E-state index is 0.140. The summed E-state index contributed by atoms with van der Waals surface area (Å²) >= 11 is 0. The predicted octanol–water partition coefficient (Wildman–Crippen LogP) is 2.93. The van der Waals surface area contributed by atoms with Crippen molar-refractivity contribution in [3.63, 3.8) is 0 Å². The van der Waals surface area contributed by atoms with Gasteiger partial charge >= 0.3 is 0 Å². The van der Waals surface area contributed by atoms with Crippen LogP contribution in [0.2, 0.25) is 0 Å². The summed E-state index contributed by atoms with van der Waals surface area (Å²) in [5.41, 5.74) is 8.35. The molecule has 2 N–H and O–H groups in total. The van der Waals surface area contributed by atoms with Crippen molar-refractivity contribution in [3.05, 3.63) is 89.7 Å². The van der Waals surface area contributed by atoms with Crippen LogP contribution in [0.25, 0.3) is 0 Å². The highest BCUT2D eigenvalue weighted by atomic mass is 32.2. The van der Waals surface area contributed by atoms with Crippen molar-refractivity contribution in [1.82, 2.24) is 9.29 Å². The standard InChI is InChI=1S/C20H18N4O2S/c21-12-16-5-9-20(10-6-16)27(25,26)24(15-18-2-1-11-23-13-18)14-17-3-7-19(22)8-4-17/h1-11,13H,14-15,22H2. The first-order valence-electron chi connectivity index (χ1n) is 8.23. The van der Waals surface area contributed by atoms with Crippen LogP contribution in [0.3, 0.4) is 0 Å². The van der Waals surface area contributed by atoms with E-state index in [1.54, 1.807) is 42.7 Å². The van der Waals surface area contributed by atoms with Crippen molar-refractivity contribution < 1.29 is 8.42 Å². The number of benzene rings is 2. The van der Waals surface area contributed by atoms with Crippen LogP contribution < -0.4 is 5.73 Å². The zero-order valence-corrected chi connectivity index (χ0v) is 15.3. The zero-order chi connectivity index (χ0) is 19.3. The van der Waals surface area contributed by atoms with E-state index < -0.39 is 10.0 Å². The van der Waals surface area contributed by atoms with E-state index in [0.29, 0.717) is 11.3 Å².